The van der Waals surface area contributed by atoms with Crippen LogP contribution >= 0.6 is 0 Å². The van der Waals surface area contributed by atoms with Gasteiger partial charge in [-0.2, -0.15) is 0 Å². The standard InChI is InChI=1S/C15H18N4O/c1-11-8-18-13(9-17-11)10-19-15(20)14(16)7-12-5-3-2-4-6-12/h2-6,8-9,14H,7,10,16H2,1H3,(H,19,20). The van der Waals surface area contributed by atoms with Gasteiger partial charge in [-0.3, -0.25) is 14.8 Å². The molecule has 104 valence electrons. The molecule has 1 unspecified atom stereocenters. The second-order valence-electron chi connectivity index (χ2n) is 4.66. The Morgan fingerprint density at radius 2 is 2.00 bits per heavy atom. The maximum Gasteiger partial charge on any atom is 0.237 e. The summed E-state index contributed by atoms with van der Waals surface area (Å²) in [5, 5.41) is 2.77. The molecule has 1 amide bonds. The van der Waals surface area contributed by atoms with Crippen molar-refractivity contribution in [3.63, 3.8) is 0 Å². The van der Waals surface area contributed by atoms with Gasteiger partial charge in [-0.05, 0) is 18.9 Å². The van der Waals surface area contributed by atoms with E-state index in [1.54, 1.807) is 12.4 Å². The Morgan fingerprint density at radius 1 is 1.25 bits per heavy atom. The van der Waals surface area contributed by atoms with Crippen molar-refractivity contribution in [1.29, 1.82) is 0 Å². The summed E-state index contributed by atoms with van der Waals surface area (Å²) in [7, 11) is 0. The number of aryl methyl sites for hydroxylation is 1. The monoisotopic (exact) mass is 270 g/mol. The maximum absolute atomic E-state index is 11.9. The number of hydrogen-bond donors (Lipinski definition) is 2. The number of aromatic nitrogens is 2. The predicted octanol–water partition coefficient (Wildman–Crippen LogP) is 0.971. The van der Waals surface area contributed by atoms with Gasteiger partial charge in [0.2, 0.25) is 5.91 Å². The Morgan fingerprint density at radius 3 is 2.65 bits per heavy atom. The Balaban J connectivity index is 1.83. The van der Waals surface area contributed by atoms with Crippen LogP contribution in [0.25, 0.3) is 0 Å². The molecule has 2 aromatic rings. The molecule has 0 aliphatic heterocycles. The molecule has 1 heterocycles. The number of nitrogens with two attached hydrogens (primary N) is 1. The molecule has 0 spiro atoms. The number of rotatable bonds is 5. The molecule has 0 saturated heterocycles. The number of nitrogens with zero attached hydrogens (tertiary/aromatic N) is 2. The molecule has 0 aliphatic rings. The third kappa shape index (κ3) is 4.13. The lowest BCUT2D eigenvalue weighted by molar-refractivity contribution is -0.122. The normalized spacial score (nSPS) is 11.9. The number of carbonyl (C=O) groups is 1. The topological polar surface area (TPSA) is 80.9 Å². The van der Waals surface area contributed by atoms with Crippen molar-refractivity contribution in [2.45, 2.75) is 25.9 Å². The summed E-state index contributed by atoms with van der Waals surface area (Å²) in [5.41, 5.74) is 8.50. The second kappa shape index (κ2) is 6.77. The number of benzene rings is 1. The van der Waals surface area contributed by atoms with Crippen LogP contribution < -0.4 is 11.1 Å². The van der Waals surface area contributed by atoms with Crippen LogP contribution in [0.3, 0.4) is 0 Å². The molecule has 0 bridgehead atoms. The fraction of sp³-hybridized carbons (Fsp3) is 0.267. The summed E-state index contributed by atoms with van der Waals surface area (Å²) in [6.07, 6.45) is 3.84. The minimum absolute atomic E-state index is 0.184. The van der Waals surface area contributed by atoms with Gasteiger partial charge >= 0.3 is 0 Å². The van der Waals surface area contributed by atoms with Crippen molar-refractivity contribution in [3.05, 3.63) is 59.7 Å². The second-order valence-corrected chi connectivity index (χ2v) is 4.66. The lowest BCUT2D eigenvalue weighted by Crippen LogP contribution is -2.41. The summed E-state index contributed by atoms with van der Waals surface area (Å²) < 4.78 is 0. The molecule has 5 heteroatoms. The van der Waals surface area contributed by atoms with Crippen LogP contribution in [-0.4, -0.2) is 21.9 Å². The molecule has 0 saturated carbocycles. The van der Waals surface area contributed by atoms with Crippen molar-refractivity contribution >= 4 is 5.91 Å². The van der Waals surface area contributed by atoms with Gasteiger partial charge in [-0.15, -0.1) is 0 Å². The fourth-order valence-electron chi connectivity index (χ4n) is 1.78. The van der Waals surface area contributed by atoms with Crippen LogP contribution in [0.2, 0.25) is 0 Å². The maximum atomic E-state index is 11.9. The highest BCUT2D eigenvalue weighted by Crippen LogP contribution is 2.02. The molecule has 0 aliphatic carbocycles. The average Bonchev–Trinajstić information content (AvgIpc) is 2.47. The van der Waals surface area contributed by atoms with Crippen molar-refractivity contribution < 1.29 is 4.79 Å². The Bertz CT molecular complexity index is 554. The third-order valence-electron chi connectivity index (χ3n) is 2.91. The smallest absolute Gasteiger partial charge is 0.237 e. The summed E-state index contributed by atoms with van der Waals surface area (Å²) >= 11 is 0. The SMILES string of the molecule is Cc1cnc(CNC(=O)C(N)Cc2ccccc2)cn1. The molecular formula is C15H18N4O. The average molecular weight is 270 g/mol. The first-order chi connectivity index (χ1) is 9.65. The first kappa shape index (κ1) is 14.1. The van der Waals surface area contributed by atoms with Crippen molar-refractivity contribution in [1.82, 2.24) is 15.3 Å². The lowest BCUT2D eigenvalue weighted by Gasteiger charge is -2.12. The van der Waals surface area contributed by atoms with Crippen LogP contribution in [0.5, 0.6) is 0 Å². The van der Waals surface area contributed by atoms with Gasteiger partial charge in [-0.25, -0.2) is 0 Å². The van der Waals surface area contributed by atoms with Crippen LogP contribution in [0.15, 0.2) is 42.7 Å². The van der Waals surface area contributed by atoms with E-state index >= 15 is 0 Å². The third-order valence-corrected chi connectivity index (χ3v) is 2.91. The summed E-state index contributed by atoms with van der Waals surface area (Å²) in [6.45, 7) is 2.21. The molecule has 0 fully saturated rings. The van der Waals surface area contributed by atoms with Crippen LogP contribution in [-0.2, 0) is 17.8 Å². The van der Waals surface area contributed by atoms with Crippen molar-refractivity contribution in [3.8, 4) is 0 Å². The molecule has 2 rings (SSSR count). The molecule has 1 atom stereocenters. The molecule has 3 N–H and O–H groups in total. The number of amides is 1. The number of carbonyl (C=O) groups excluding carboxylic acids is 1. The van der Waals surface area contributed by atoms with Gasteiger partial charge in [0.1, 0.15) is 0 Å². The van der Waals surface area contributed by atoms with E-state index in [2.05, 4.69) is 15.3 Å². The summed E-state index contributed by atoms with van der Waals surface area (Å²) in [6, 6.07) is 9.15. The zero-order valence-electron chi connectivity index (χ0n) is 11.4. The van der Waals surface area contributed by atoms with E-state index in [9.17, 15) is 4.79 Å². The first-order valence-electron chi connectivity index (χ1n) is 6.50. The minimum atomic E-state index is -0.559. The highest BCUT2D eigenvalue weighted by Gasteiger charge is 2.13. The fourth-order valence-corrected chi connectivity index (χ4v) is 1.78. The van der Waals surface area contributed by atoms with Crippen LogP contribution in [0, 0.1) is 6.92 Å². The zero-order chi connectivity index (χ0) is 14.4. The van der Waals surface area contributed by atoms with Gasteiger partial charge in [-0.1, -0.05) is 30.3 Å². The molecule has 1 aromatic heterocycles. The number of nitrogens with one attached hydrogen (secondary N) is 1. The van der Waals surface area contributed by atoms with E-state index in [1.807, 2.05) is 37.3 Å². The highest BCUT2D eigenvalue weighted by molar-refractivity contribution is 5.81. The minimum Gasteiger partial charge on any atom is -0.349 e. The first-order valence-corrected chi connectivity index (χ1v) is 6.50. The van der Waals surface area contributed by atoms with Crippen molar-refractivity contribution in [2.24, 2.45) is 5.73 Å². The quantitative estimate of drug-likeness (QED) is 0.848. The molecule has 5 nitrogen and oxygen atoms in total. The van der Waals surface area contributed by atoms with Crippen LogP contribution in [0.1, 0.15) is 17.0 Å². The Kier molecular flexibility index (Phi) is 4.79. The molecule has 1 aromatic carbocycles. The molecule has 0 radical (unpaired) electrons. The van der Waals surface area contributed by atoms with E-state index in [0.29, 0.717) is 13.0 Å². The Labute approximate surface area is 118 Å². The van der Waals surface area contributed by atoms with Crippen LogP contribution in [0.4, 0.5) is 0 Å². The van der Waals surface area contributed by atoms with Gasteiger partial charge in [0.25, 0.3) is 0 Å². The Hall–Kier alpha value is -2.27. The van der Waals surface area contributed by atoms with E-state index < -0.39 is 6.04 Å². The summed E-state index contributed by atoms with van der Waals surface area (Å²) in [4.78, 5) is 20.2. The molecule has 20 heavy (non-hydrogen) atoms. The van der Waals surface area contributed by atoms with E-state index in [1.165, 1.54) is 0 Å². The van der Waals surface area contributed by atoms with Gasteiger partial charge in [0.05, 0.1) is 30.2 Å². The summed E-state index contributed by atoms with van der Waals surface area (Å²) in [5.74, 6) is -0.184. The predicted molar refractivity (Wildman–Crippen MR) is 76.7 cm³/mol. The van der Waals surface area contributed by atoms with E-state index in [4.69, 9.17) is 5.73 Å². The largest absolute Gasteiger partial charge is 0.349 e. The zero-order valence-corrected chi connectivity index (χ0v) is 11.4. The highest BCUT2D eigenvalue weighted by atomic mass is 16.2. The van der Waals surface area contributed by atoms with Gasteiger partial charge < -0.3 is 11.1 Å². The number of hydrogen-bond acceptors (Lipinski definition) is 4. The molecular weight excluding hydrogens is 252 g/mol. The van der Waals surface area contributed by atoms with E-state index in [0.717, 1.165) is 17.0 Å². The van der Waals surface area contributed by atoms with Gasteiger partial charge in [0.15, 0.2) is 0 Å². The van der Waals surface area contributed by atoms with E-state index in [-0.39, 0.29) is 5.91 Å². The lowest BCUT2D eigenvalue weighted by atomic mass is 10.1. The van der Waals surface area contributed by atoms with Crippen molar-refractivity contribution in [2.75, 3.05) is 0 Å². The van der Waals surface area contributed by atoms with Gasteiger partial charge in [0, 0.05) is 6.20 Å².